The average Bonchev–Trinajstić information content (AvgIpc) is 2.54. The summed E-state index contributed by atoms with van der Waals surface area (Å²) in [5, 5.41) is 9.65. The molecule has 2 aromatic carbocycles. The van der Waals surface area contributed by atoms with Crippen LogP contribution in [0.4, 0.5) is 4.39 Å². The number of halogens is 1. The molecule has 0 amide bonds. The van der Waals surface area contributed by atoms with Crippen LogP contribution in [0.5, 0.6) is 11.5 Å². The first-order chi connectivity index (χ1) is 11.5. The van der Waals surface area contributed by atoms with E-state index < -0.39 is 11.9 Å². The lowest BCUT2D eigenvalue weighted by molar-refractivity contribution is -0.139. The van der Waals surface area contributed by atoms with Gasteiger partial charge in [-0.25, -0.2) is 9.18 Å². The van der Waals surface area contributed by atoms with Crippen LogP contribution in [-0.4, -0.2) is 17.7 Å². The van der Waals surface area contributed by atoms with Gasteiger partial charge >= 0.3 is 5.97 Å². The Morgan fingerprint density at radius 2 is 2.00 bits per heavy atom. The largest absolute Gasteiger partial charge is 0.508 e. The minimum absolute atomic E-state index is 0.0130. The lowest BCUT2D eigenvalue weighted by Gasteiger charge is -2.28. The van der Waals surface area contributed by atoms with E-state index in [1.54, 1.807) is 25.1 Å². The van der Waals surface area contributed by atoms with Crippen molar-refractivity contribution in [1.29, 1.82) is 0 Å². The third-order valence-electron chi connectivity index (χ3n) is 3.78. The summed E-state index contributed by atoms with van der Waals surface area (Å²) < 4.78 is 23.8. The Hall–Kier alpha value is -3.02. The van der Waals surface area contributed by atoms with Crippen molar-refractivity contribution in [2.45, 2.75) is 12.8 Å². The Morgan fingerprint density at radius 1 is 1.29 bits per heavy atom. The highest BCUT2D eigenvalue weighted by Crippen LogP contribution is 2.43. The van der Waals surface area contributed by atoms with Crippen LogP contribution in [0.15, 0.2) is 53.9 Å². The average molecular weight is 329 g/mol. The fourth-order valence-electron chi connectivity index (χ4n) is 2.75. The van der Waals surface area contributed by atoms with Crippen LogP contribution >= 0.6 is 0 Å². The van der Waals surface area contributed by atoms with Crippen LogP contribution in [-0.2, 0) is 9.53 Å². The van der Waals surface area contributed by atoms with Crippen molar-refractivity contribution in [1.82, 2.24) is 0 Å². The molecule has 2 aromatic rings. The molecular formula is C18H16FNO4. The molecule has 24 heavy (non-hydrogen) atoms. The summed E-state index contributed by atoms with van der Waals surface area (Å²) in [7, 11) is 0. The molecule has 3 N–H and O–H groups in total. The van der Waals surface area contributed by atoms with Crippen LogP contribution in [0.3, 0.4) is 0 Å². The third-order valence-corrected chi connectivity index (χ3v) is 3.78. The number of carbonyl (C=O) groups excluding carboxylic acids is 1. The van der Waals surface area contributed by atoms with E-state index in [4.69, 9.17) is 15.2 Å². The number of phenolic OH excluding ortho intramolecular Hbond substituents is 1. The number of nitrogens with two attached hydrogens (primary N) is 1. The second-order valence-corrected chi connectivity index (χ2v) is 5.31. The first-order valence-corrected chi connectivity index (χ1v) is 7.44. The highest BCUT2D eigenvalue weighted by molar-refractivity contribution is 5.92. The number of fused-ring (bicyclic) bond motifs is 1. The smallest absolute Gasteiger partial charge is 0.340 e. The molecule has 1 aliphatic rings. The quantitative estimate of drug-likeness (QED) is 0.846. The van der Waals surface area contributed by atoms with E-state index in [1.165, 1.54) is 24.3 Å². The Kier molecular flexibility index (Phi) is 4.12. The van der Waals surface area contributed by atoms with E-state index >= 15 is 0 Å². The fraction of sp³-hybridized carbons (Fsp3) is 0.167. The molecular weight excluding hydrogens is 313 g/mol. The van der Waals surface area contributed by atoms with Gasteiger partial charge in [-0.05, 0) is 30.7 Å². The summed E-state index contributed by atoms with van der Waals surface area (Å²) >= 11 is 0. The van der Waals surface area contributed by atoms with Gasteiger partial charge in [-0.3, -0.25) is 0 Å². The first-order valence-electron chi connectivity index (χ1n) is 7.44. The van der Waals surface area contributed by atoms with Crippen molar-refractivity contribution in [2.24, 2.45) is 5.73 Å². The Labute approximate surface area is 138 Å². The molecule has 0 fully saturated rings. The topological polar surface area (TPSA) is 81.8 Å². The van der Waals surface area contributed by atoms with E-state index in [2.05, 4.69) is 0 Å². The number of benzene rings is 2. The van der Waals surface area contributed by atoms with Crippen molar-refractivity contribution >= 4 is 5.97 Å². The summed E-state index contributed by atoms with van der Waals surface area (Å²) in [6, 6.07) is 10.3. The van der Waals surface area contributed by atoms with Crippen LogP contribution < -0.4 is 10.5 Å². The van der Waals surface area contributed by atoms with Gasteiger partial charge in [0.1, 0.15) is 22.9 Å². The van der Waals surface area contributed by atoms with E-state index in [-0.39, 0.29) is 29.6 Å². The number of esters is 1. The highest BCUT2D eigenvalue weighted by Gasteiger charge is 2.35. The first kappa shape index (κ1) is 15.9. The number of phenols is 1. The van der Waals surface area contributed by atoms with Gasteiger partial charge in [0, 0.05) is 11.6 Å². The Balaban J connectivity index is 2.18. The second-order valence-electron chi connectivity index (χ2n) is 5.31. The van der Waals surface area contributed by atoms with Crippen LogP contribution in [0.25, 0.3) is 0 Å². The summed E-state index contributed by atoms with van der Waals surface area (Å²) in [6.45, 7) is 1.88. The predicted molar refractivity (Wildman–Crippen MR) is 84.8 cm³/mol. The monoisotopic (exact) mass is 329 g/mol. The maximum absolute atomic E-state index is 13.3. The lowest BCUT2D eigenvalue weighted by Crippen LogP contribution is -2.27. The highest BCUT2D eigenvalue weighted by atomic mass is 19.1. The molecule has 3 rings (SSSR count). The number of aromatic hydroxyl groups is 1. The van der Waals surface area contributed by atoms with Gasteiger partial charge in [0.05, 0.1) is 12.5 Å². The molecule has 0 unspecified atom stereocenters. The molecule has 1 aliphatic heterocycles. The molecule has 0 radical (unpaired) electrons. The molecule has 1 heterocycles. The van der Waals surface area contributed by atoms with E-state index in [9.17, 15) is 14.3 Å². The molecule has 6 heteroatoms. The SMILES string of the molecule is CCOC(=O)C1=C(N)Oc2cc(O)ccc2[C@@H]1c1ccc(F)cc1. The standard InChI is InChI=1S/C18H16FNO4/c1-2-23-18(22)16-15(10-3-5-11(19)6-4-10)13-8-7-12(21)9-14(13)24-17(16)20/h3-9,15,21H,2,20H2,1H3/t15-/m0/s1. The summed E-state index contributed by atoms with van der Waals surface area (Å²) in [5.41, 5.74) is 7.39. The zero-order valence-corrected chi connectivity index (χ0v) is 13.0. The van der Waals surface area contributed by atoms with Crippen LogP contribution in [0, 0.1) is 5.82 Å². The Bertz CT molecular complexity index is 814. The number of rotatable bonds is 3. The molecule has 5 nitrogen and oxygen atoms in total. The minimum Gasteiger partial charge on any atom is -0.508 e. The van der Waals surface area contributed by atoms with Gasteiger partial charge in [-0.2, -0.15) is 0 Å². The normalized spacial score (nSPS) is 16.3. The second kappa shape index (κ2) is 6.23. The Morgan fingerprint density at radius 3 is 2.67 bits per heavy atom. The third kappa shape index (κ3) is 2.78. The summed E-state index contributed by atoms with van der Waals surface area (Å²) in [4.78, 5) is 12.4. The maximum atomic E-state index is 13.3. The van der Waals surface area contributed by atoms with Gasteiger partial charge in [0.25, 0.3) is 0 Å². The molecule has 0 spiro atoms. The van der Waals surface area contributed by atoms with Gasteiger partial charge in [0.2, 0.25) is 5.88 Å². The maximum Gasteiger partial charge on any atom is 0.340 e. The lowest BCUT2D eigenvalue weighted by atomic mass is 9.83. The zero-order valence-electron chi connectivity index (χ0n) is 13.0. The summed E-state index contributed by atoms with van der Waals surface area (Å²) in [6.07, 6.45) is 0. The van der Waals surface area contributed by atoms with Crippen molar-refractivity contribution in [2.75, 3.05) is 6.61 Å². The number of hydrogen-bond acceptors (Lipinski definition) is 5. The number of carbonyl (C=O) groups is 1. The molecule has 1 atom stereocenters. The van der Waals surface area contributed by atoms with Gasteiger partial charge in [0.15, 0.2) is 0 Å². The zero-order chi connectivity index (χ0) is 17.3. The molecule has 0 aromatic heterocycles. The molecule has 0 saturated carbocycles. The van der Waals surface area contributed by atoms with Crippen LogP contribution in [0.2, 0.25) is 0 Å². The molecule has 0 aliphatic carbocycles. The van der Waals surface area contributed by atoms with Crippen molar-refractivity contribution in [3.8, 4) is 11.5 Å². The van der Waals surface area contributed by atoms with Crippen molar-refractivity contribution < 1.29 is 23.8 Å². The molecule has 0 bridgehead atoms. The van der Waals surface area contributed by atoms with Crippen LogP contribution in [0.1, 0.15) is 24.0 Å². The van der Waals surface area contributed by atoms with Gasteiger partial charge in [-0.15, -0.1) is 0 Å². The number of ether oxygens (including phenoxy) is 2. The van der Waals surface area contributed by atoms with Gasteiger partial charge in [-0.1, -0.05) is 18.2 Å². The number of hydrogen-bond donors (Lipinski definition) is 2. The van der Waals surface area contributed by atoms with E-state index in [0.717, 1.165) is 0 Å². The predicted octanol–water partition coefficient (Wildman–Crippen LogP) is 2.79. The van der Waals surface area contributed by atoms with Gasteiger partial charge < -0.3 is 20.3 Å². The van der Waals surface area contributed by atoms with Crippen molar-refractivity contribution in [3.05, 3.63) is 70.9 Å². The molecule has 124 valence electrons. The fourth-order valence-corrected chi connectivity index (χ4v) is 2.75. The van der Waals surface area contributed by atoms with E-state index in [0.29, 0.717) is 16.9 Å². The van der Waals surface area contributed by atoms with Crippen molar-refractivity contribution in [3.63, 3.8) is 0 Å². The summed E-state index contributed by atoms with van der Waals surface area (Å²) in [5.74, 6) is -1.29. The van der Waals surface area contributed by atoms with E-state index in [1.807, 2.05) is 0 Å². The molecule has 0 saturated heterocycles. The minimum atomic E-state index is -0.594.